The van der Waals surface area contributed by atoms with E-state index in [0.29, 0.717) is 24.7 Å². The molecule has 2 aliphatic rings. The van der Waals surface area contributed by atoms with Crippen molar-refractivity contribution in [1.82, 2.24) is 10.2 Å². The van der Waals surface area contributed by atoms with Gasteiger partial charge in [-0.2, -0.15) is 5.26 Å². The van der Waals surface area contributed by atoms with Gasteiger partial charge in [-0.3, -0.25) is 14.9 Å². The van der Waals surface area contributed by atoms with E-state index in [1.807, 2.05) is 17.0 Å². The molecule has 3 rings (SSSR count). The first-order chi connectivity index (χ1) is 16.6. The zero-order chi connectivity index (χ0) is 24.2. The highest BCUT2D eigenvalue weighted by Gasteiger charge is 2.33. The predicted octanol–water partition coefficient (Wildman–Crippen LogP) is 4.20. The minimum atomic E-state index is -0.354. The molecule has 7 heteroatoms. The maximum atomic E-state index is 13.7. The fourth-order valence-electron chi connectivity index (χ4n) is 5.18. The molecule has 2 fully saturated rings. The predicted molar refractivity (Wildman–Crippen MR) is 130 cm³/mol. The van der Waals surface area contributed by atoms with Gasteiger partial charge < -0.3 is 14.4 Å². The summed E-state index contributed by atoms with van der Waals surface area (Å²) in [5, 5.41) is 12.2. The third kappa shape index (κ3) is 8.02. The van der Waals surface area contributed by atoms with E-state index in [-0.39, 0.29) is 30.5 Å². The Labute approximate surface area is 203 Å². The molecule has 0 unspecified atom stereocenters. The summed E-state index contributed by atoms with van der Waals surface area (Å²) in [5.74, 6) is 1.06. The summed E-state index contributed by atoms with van der Waals surface area (Å²) in [6.07, 6.45) is 10.7. The van der Waals surface area contributed by atoms with E-state index in [1.165, 1.54) is 19.3 Å². The molecule has 1 heterocycles. The molecule has 1 amide bonds. The minimum Gasteiger partial charge on any atom is -0.494 e. The summed E-state index contributed by atoms with van der Waals surface area (Å²) < 4.78 is 11.0. The molecule has 0 spiro atoms. The Morgan fingerprint density at radius 3 is 2.56 bits per heavy atom. The van der Waals surface area contributed by atoms with Crippen LogP contribution >= 0.6 is 0 Å². The van der Waals surface area contributed by atoms with Crippen LogP contribution in [-0.4, -0.2) is 55.2 Å². The smallest absolute Gasteiger partial charge is 0.319 e. The molecule has 1 N–H and O–H groups in total. The van der Waals surface area contributed by atoms with E-state index in [2.05, 4.69) is 11.4 Å². The van der Waals surface area contributed by atoms with E-state index in [9.17, 15) is 9.59 Å². The molecule has 2 atom stereocenters. The SMILES string of the molecule is CCOC(=O)CN[C@H](CC1CCCCC1)C(=O)N1CCCC[C@@H]1CCOc1ccc(C#N)cc1. The van der Waals surface area contributed by atoms with Gasteiger partial charge in [-0.05, 0) is 62.8 Å². The molecule has 1 saturated heterocycles. The topological polar surface area (TPSA) is 91.7 Å². The van der Waals surface area contributed by atoms with Crippen LogP contribution < -0.4 is 10.1 Å². The zero-order valence-electron chi connectivity index (χ0n) is 20.5. The highest BCUT2D eigenvalue weighted by Crippen LogP contribution is 2.29. The number of hydrogen-bond acceptors (Lipinski definition) is 6. The lowest BCUT2D eigenvalue weighted by molar-refractivity contribution is -0.143. The number of benzene rings is 1. The number of rotatable bonds is 11. The highest BCUT2D eigenvalue weighted by atomic mass is 16.5. The first-order valence-electron chi connectivity index (χ1n) is 12.9. The first-order valence-corrected chi connectivity index (χ1v) is 12.9. The van der Waals surface area contributed by atoms with Gasteiger partial charge in [0.15, 0.2) is 0 Å². The van der Waals surface area contributed by atoms with E-state index in [1.54, 1.807) is 19.1 Å². The van der Waals surface area contributed by atoms with Crippen LogP contribution in [0.4, 0.5) is 0 Å². The highest BCUT2D eigenvalue weighted by molar-refractivity contribution is 5.83. The van der Waals surface area contributed by atoms with E-state index < -0.39 is 0 Å². The minimum absolute atomic E-state index is 0.0667. The number of carbonyl (C=O) groups is 2. The van der Waals surface area contributed by atoms with Gasteiger partial charge in [0.1, 0.15) is 5.75 Å². The number of likely N-dealkylation sites (tertiary alicyclic amines) is 1. The summed E-state index contributed by atoms with van der Waals surface area (Å²) in [5.41, 5.74) is 0.607. The fraction of sp³-hybridized carbons (Fsp3) is 0.667. The van der Waals surface area contributed by atoms with Crippen molar-refractivity contribution in [3.63, 3.8) is 0 Å². The maximum Gasteiger partial charge on any atom is 0.319 e. The number of esters is 1. The van der Waals surface area contributed by atoms with Crippen LogP contribution in [0.15, 0.2) is 24.3 Å². The van der Waals surface area contributed by atoms with E-state index in [0.717, 1.165) is 57.2 Å². The molecule has 1 aliphatic carbocycles. The third-order valence-electron chi connectivity index (χ3n) is 7.00. The Bertz CT molecular complexity index is 814. The van der Waals surface area contributed by atoms with Crippen molar-refractivity contribution >= 4 is 11.9 Å². The van der Waals surface area contributed by atoms with Crippen LogP contribution in [0.5, 0.6) is 5.75 Å². The number of nitrogens with one attached hydrogen (secondary N) is 1. The zero-order valence-corrected chi connectivity index (χ0v) is 20.5. The molecular weight excluding hydrogens is 430 g/mol. The number of amides is 1. The monoisotopic (exact) mass is 469 g/mol. The van der Waals surface area contributed by atoms with Crippen LogP contribution in [0, 0.1) is 17.2 Å². The van der Waals surface area contributed by atoms with Crippen molar-refractivity contribution in [2.45, 2.75) is 83.2 Å². The van der Waals surface area contributed by atoms with Gasteiger partial charge in [-0.25, -0.2) is 0 Å². The van der Waals surface area contributed by atoms with Crippen LogP contribution in [-0.2, 0) is 14.3 Å². The number of piperidine rings is 1. The van der Waals surface area contributed by atoms with Crippen LogP contribution in [0.3, 0.4) is 0 Å². The Morgan fingerprint density at radius 1 is 1.12 bits per heavy atom. The van der Waals surface area contributed by atoms with Gasteiger partial charge in [0.25, 0.3) is 0 Å². The Balaban J connectivity index is 1.59. The lowest BCUT2D eigenvalue weighted by atomic mass is 9.84. The average molecular weight is 470 g/mol. The summed E-state index contributed by atoms with van der Waals surface area (Å²) in [4.78, 5) is 27.7. The summed E-state index contributed by atoms with van der Waals surface area (Å²) >= 11 is 0. The Morgan fingerprint density at radius 2 is 1.85 bits per heavy atom. The third-order valence-corrected chi connectivity index (χ3v) is 7.00. The lowest BCUT2D eigenvalue weighted by Gasteiger charge is -2.39. The van der Waals surface area contributed by atoms with Gasteiger partial charge in [0.05, 0.1) is 37.4 Å². The molecule has 1 aromatic carbocycles. The summed E-state index contributed by atoms with van der Waals surface area (Å²) in [6.45, 7) is 3.47. The molecule has 186 valence electrons. The second-order valence-electron chi connectivity index (χ2n) is 9.43. The van der Waals surface area contributed by atoms with Crippen LogP contribution in [0.1, 0.15) is 76.7 Å². The van der Waals surface area contributed by atoms with Crippen molar-refractivity contribution in [1.29, 1.82) is 5.26 Å². The molecule has 0 radical (unpaired) electrons. The lowest BCUT2D eigenvalue weighted by Crippen LogP contribution is -2.54. The molecule has 0 aromatic heterocycles. The number of carbonyl (C=O) groups excluding carboxylic acids is 2. The maximum absolute atomic E-state index is 13.7. The van der Waals surface area contributed by atoms with E-state index >= 15 is 0 Å². The number of nitrogens with zero attached hydrogens (tertiary/aromatic N) is 2. The average Bonchev–Trinajstić information content (AvgIpc) is 2.87. The normalized spacial score (nSPS) is 19.8. The first kappa shape index (κ1) is 26.0. The molecular formula is C27H39N3O4. The summed E-state index contributed by atoms with van der Waals surface area (Å²) in [6, 6.07) is 9.00. The molecule has 1 aromatic rings. The number of ether oxygens (including phenoxy) is 2. The fourth-order valence-corrected chi connectivity index (χ4v) is 5.18. The number of hydrogen-bond donors (Lipinski definition) is 1. The number of nitriles is 1. The molecule has 0 bridgehead atoms. The van der Waals surface area contributed by atoms with Crippen molar-refractivity contribution in [3.8, 4) is 11.8 Å². The summed E-state index contributed by atoms with van der Waals surface area (Å²) in [7, 11) is 0. The Hall–Kier alpha value is -2.59. The Kier molecular flexibility index (Phi) is 10.7. The quantitative estimate of drug-likeness (QED) is 0.489. The van der Waals surface area contributed by atoms with Crippen molar-refractivity contribution in [2.24, 2.45) is 5.92 Å². The van der Waals surface area contributed by atoms with Gasteiger partial charge in [0, 0.05) is 19.0 Å². The van der Waals surface area contributed by atoms with Gasteiger partial charge in [-0.15, -0.1) is 0 Å². The van der Waals surface area contributed by atoms with Crippen LogP contribution in [0.25, 0.3) is 0 Å². The van der Waals surface area contributed by atoms with Gasteiger partial charge >= 0.3 is 5.97 Å². The second kappa shape index (κ2) is 14.0. The van der Waals surface area contributed by atoms with Crippen molar-refractivity contribution in [2.75, 3.05) is 26.3 Å². The van der Waals surface area contributed by atoms with Crippen LogP contribution in [0.2, 0.25) is 0 Å². The molecule has 7 nitrogen and oxygen atoms in total. The molecule has 1 saturated carbocycles. The van der Waals surface area contributed by atoms with Gasteiger partial charge in [0.2, 0.25) is 5.91 Å². The van der Waals surface area contributed by atoms with E-state index in [4.69, 9.17) is 14.7 Å². The largest absolute Gasteiger partial charge is 0.494 e. The standard InChI is InChI=1S/C27H39N3O4/c1-2-33-26(31)20-29-25(18-21-8-4-3-5-9-21)27(32)30-16-7-6-10-23(30)15-17-34-24-13-11-22(19-28)12-14-24/h11-14,21,23,25,29H,2-10,15-18,20H2,1H3/t23-,25-/m1/s1. The van der Waals surface area contributed by atoms with Gasteiger partial charge in [-0.1, -0.05) is 32.1 Å². The molecule has 34 heavy (non-hydrogen) atoms. The van der Waals surface area contributed by atoms with Crippen molar-refractivity contribution < 1.29 is 19.1 Å². The van der Waals surface area contributed by atoms with Crippen molar-refractivity contribution in [3.05, 3.63) is 29.8 Å². The molecule has 1 aliphatic heterocycles. The second-order valence-corrected chi connectivity index (χ2v) is 9.43.